The van der Waals surface area contributed by atoms with Crippen LogP contribution in [0.2, 0.25) is 0 Å². The van der Waals surface area contributed by atoms with E-state index in [0.29, 0.717) is 37.2 Å². The van der Waals surface area contributed by atoms with Crippen molar-refractivity contribution in [1.29, 1.82) is 0 Å². The van der Waals surface area contributed by atoms with Crippen molar-refractivity contribution in [1.82, 2.24) is 9.47 Å². The predicted molar refractivity (Wildman–Crippen MR) is 83.1 cm³/mol. The quantitative estimate of drug-likeness (QED) is 0.915. The highest BCUT2D eigenvalue weighted by Gasteiger charge is 2.22. The van der Waals surface area contributed by atoms with Gasteiger partial charge in [-0.25, -0.2) is 4.39 Å². The molecule has 23 heavy (non-hydrogen) atoms. The lowest BCUT2D eigenvalue weighted by Crippen LogP contribution is -2.40. The standard InChI is InChI=1S/C17H17FN2O3/c18-13-2-4-14(5-3-13)20-11-12(1-6-16(20)22)17(23)19-9-7-15(21)8-10-19/h1-6,11,15,21H,7-10H2. The van der Waals surface area contributed by atoms with Crippen molar-refractivity contribution in [3.05, 3.63) is 64.3 Å². The van der Waals surface area contributed by atoms with Crippen LogP contribution in [0, 0.1) is 5.82 Å². The van der Waals surface area contributed by atoms with E-state index in [-0.39, 0.29) is 23.4 Å². The molecule has 1 N–H and O–H groups in total. The number of likely N-dealkylation sites (tertiary alicyclic amines) is 1. The van der Waals surface area contributed by atoms with E-state index in [2.05, 4.69) is 0 Å². The van der Waals surface area contributed by atoms with Crippen LogP contribution in [0.3, 0.4) is 0 Å². The summed E-state index contributed by atoms with van der Waals surface area (Å²) < 4.78 is 14.3. The number of aliphatic hydroxyl groups excluding tert-OH is 1. The number of rotatable bonds is 2. The molecule has 2 aromatic rings. The number of benzene rings is 1. The molecule has 120 valence electrons. The maximum absolute atomic E-state index is 13.0. The van der Waals surface area contributed by atoms with Crippen LogP contribution in [0.15, 0.2) is 47.4 Å². The summed E-state index contributed by atoms with van der Waals surface area (Å²) in [4.78, 5) is 26.2. The minimum absolute atomic E-state index is 0.173. The van der Waals surface area contributed by atoms with Gasteiger partial charge in [-0.05, 0) is 43.2 Å². The Morgan fingerprint density at radius 2 is 1.74 bits per heavy atom. The second-order valence-electron chi connectivity index (χ2n) is 5.63. The highest BCUT2D eigenvalue weighted by molar-refractivity contribution is 5.94. The van der Waals surface area contributed by atoms with Gasteiger partial charge in [0.25, 0.3) is 11.5 Å². The van der Waals surface area contributed by atoms with E-state index in [0.717, 1.165) is 0 Å². The summed E-state index contributed by atoms with van der Waals surface area (Å²) >= 11 is 0. The Labute approximate surface area is 132 Å². The predicted octanol–water partition coefficient (Wildman–Crippen LogP) is 1.57. The van der Waals surface area contributed by atoms with E-state index in [1.165, 1.54) is 47.2 Å². The van der Waals surface area contributed by atoms with Crippen molar-refractivity contribution in [3.8, 4) is 5.69 Å². The number of aromatic nitrogens is 1. The molecule has 1 saturated heterocycles. The molecule has 1 fully saturated rings. The van der Waals surface area contributed by atoms with Crippen LogP contribution in [-0.2, 0) is 0 Å². The van der Waals surface area contributed by atoms with E-state index < -0.39 is 0 Å². The second kappa shape index (κ2) is 6.34. The lowest BCUT2D eigenvalue weighted by molar-refractivity contribution is 0.0546. The fourth-order valence-corrected chi connectivity index (χ4v) is 2.67. The number of halogens is 1. The number of hydrogen-bond donors (Lipinski definition) is 1. The fraction of sp³-hybridized carbons (Fsp3) is 0.294. The molecule has 0 saturated carbocycles. The Bertz CT molecular complexity index is 762. The summed E-state index contributed by atoms with van der Waals surface area (Å²) in [6.07, 6.45) is 2.24. The normalized spacial score (nSPS) is 15.7. The Balaban J connectivity index is 1.89. The Morgan fingerprint density at radius 1 is 1.09 bits per heavy atom. The topological polar surface area (TPSA) is 62.5 Å². The molecule has 0 bridgehead atoms. The fourth-order valence-electron chi connectivity index (χ4n) is 2.67. The van der Waals surface area contributed by atoms with Gasteiger partial charge in [-0.1, -0.05) is 0 Å². The van der Waals surface area contributed by atoms with Crippen molar-refractivity contribution >= 4 is 5.91 Å². The van der Waals surface area contributed by atoms with Crippen molar-refractivity contribution in [2.24, 2.45) is 0 Å². The van der Waals surface area contributed by atoms with Crippen LogP contribution in [0.4, 0.5) is 4.39 Å². The van der Waals surface area contributed by atoms with Crippen molar-refractivity contribution in [2.45, 2.75) is 18.9 Å². The van der Waals surface area contributed by atoms with Gasteiger partial charge in [0.2, 0.25) is 0 Å². The summed E-state index contributed by atoms with van der Waals surface area (Å²) in [5, 5.41) is 9.52. The molecule has 0 atom stereocenters. The highest BCUT2D eigenvalue weighted by atomic mass is 19.1. The molecule has 0 unspecified atom stereocenters. The van der Waals surface area contributed by atoms with Crippen LogP contribution in [0.25, 0.3) is 5.69 Å². The molecule has 1 amide bonds. The van der Waals surface area contributed by atoms with Gasteiger partial charge in [0.1, 0.15) is 5.82 Å². The molecule has 0 spiro atoms. The molecular weight excluding hydrogens is 299 g/mol. The first kappa shape index (κ1) is 15.4. The Hall–Kier alpha value is -2.47. The van der Waals surface area contributed by atoms with Crippen molar-refractivity contribution < 1.29 is 14.3 Å². The van der Waals surface area contributed by atoms with Crippen LogP contribution < -0.4 is 5.56 Å². The first-order chi connectivity index (χ1) is 11.0. The van der Waals surface area contributed by atoms with Gasteiger partial charge in [-0.15, -0.1) is 0 Å². The largest absolute Gasteiger partial charge is 0.393 e. The summed E-state index contributed by atoms with van der Waals surface area (Å²) in [7, 11) is 0. The summed E-state index contributed by atoms with van der Waals surface area (Å²) in [6, 6.07) is 8.33. The monoisotopic (exact) mass is 316 g/mol. The van der Waals surface area contributed by atoms with Gasteiger partial charge in [0.15, 0.2) is 0 Å². The molecule has 1 aromatic heterocycles. The van der Waals surface area contributed by atoms with Gasteiger partial charge in [0.05, 0.1) is 11.7 Å². The molecule has 0 aliphatic carbocycles. The van der Waals surface area contributed by atoms with E-state index >= 15 is 0 Å². The summed E-state index contributed by atoms with van der Waals surface area (Å²) in [5.41, 5.74) is 0.604. The summed E-state index contributed by atoms with van der Waals surface area (Å²) in [5.74, 6) is -0.561. The van der Waals surface area contributed by atoms with Crippen molar-refractivity contribution in [2.75, 3.05) is 13.1 Å². The zero-order valence-corrected chi connectivity index (χ0v) is 12.5. The Morgan fingerprint density at radius 3 is 2.39 bits per heavy atom. The number of aliphatic hydroxyl groups is 1. The van der Waals surface area contributed by atoms with Crippen molar-refractivity contribution in [3.63, 3.8) is 0 Å². The van der Waals surface area contributed by atoms with E-state index in [1.54, 1.807) is 4.90 Å². The number of carbonyl (C=O) groups excluding carboxylic acids is 1. The lowest BCUT2D eigenvalue weighted by atomic mass is 10.1. The number of nitrogens with zero attached hydrogens (tertiary/aromatic N) is 2. The average molecular weight is 316 g/mol. The molecule has 3 rings (SSSR count). The maximum Gasteiger partial charge on any atom is 0.255 e. The van der Waals surface area contributed by atoms with Gasteiger partial charge < -0.3 is 10.0 Å². The third kappa shape index (κ3) is 3.32. The average Bonchev–Trinajstić information content (AvgIpc) is 2.56. The molecule has 1 aliphatic heterocycles. The van der Waals surface area contributed by atoms with E-state index in [4.69, 9.17) is 0 Å². The van der Waals surface area contributed by atoms with Gasteiger partial charge in [-0.2, -0.15) is 0 Å². The molecule has 1 aliphatic rings. The minimum atomic E-state index is -0.388. The Kier molecular flexibility index (Phi) is 4.25. The maximum atomic E-state index is 13.0. The van der Waals surface area contributed by atoms with Gasteiger partial charge in [0, 0.05) is 31.0 Å². The van der Waals surface area contributed by atoms with E-state index in [9.17, 15) is 19.1 Å². The molecular formula is C17H17FN2O3. The molecule has 0 radical (unpaired) electrons. The summed E-state index contributed by atoms with van der Waals surface area (Å²) in [6.45, 7) is 0.991. The minimum Gasteiger partial charge on any atom is -0.393 e. The second-order valence-corrected chi connectivity index (χ2v) is 5.63. The van der Waals surface area contributed by atoms with Crippen LogP contribution in [-0.4, -0.2) is 39.7 Å². The third-order valence-corrected chi connectivity index (χ3v) is 4.01. The lowest BCUT2D eigenvalue weighted by Gasteiger charge is -2.29. The zero-order valence-electron chi connectivity index (χ0n) is 12.5. The molecule has 1 aromatic carbocycles. The first-order valence-corrected chi connectivity index (χ1v) is 7.50. The van der Waals surface area contributed by atoms with Crippen LogP contribution in [0.1, 0.15) is 23.2 Å². The number of carbonyl (C=O) groups is 1. The highest BCUT2D eigenvalue weighted by Crippen LogP contribution is 2.14. The smallest absolute Gasteiger partial charge is 0.255 e. The number of pyridine rings is 1. The number of piperidine rings is 1. The molecule has 2 heterocycles. The van der Waals surface area contributed by atoms with Crippen LogP contribution in [0.5, 0.6) is 0 Å². The SMILES string of the molecule is O=C(c1ccc(=O)n(-c2ccc(F)cc2)c1)N1CCC(O)CC1. The van der Waals surface area contributed by atoms with E-state index in [1.807, 2.05) is 0 Å². The molecule has 5 nitrogen and oxygen atoms in total. The van der Waals surface area contributed by atoms with Gasteiger partial charge >= 0.3 is 0 Å². The number of hydrogen-bond acceptors (Lipinski definition) is 3. The number of amides is 1. The molecule has 6 heteroatoms. The zero-order chi connectivity index (χ0) is 16.4. The van der Waals surface area contributed by atoms with Gasteiger partial charge in [-0.3, -0.25) is 14.2 Å². The first-order valence-electron chi connectivity index (χ1n) is 7.50. The van der Waals surface area contributed by atoms with Crippen LogP contribution >= 0.6 is 0 Å². The third-order valence-electron chi connectivity index (χ3n) is 4.01.